The Bertz CT molecular complexity index is 1170. The van der Waals surface area contributed by atoms with Gasteiger partial charge in [-0.25, -0.2) is 0 Å². The van der Waals surface area contributed by atoms with Gasteiger partial charge in [0.15, 0.2) is 0 Å². The van der Waals surface area contributed by atoms with E-state index < -0.39 is 11.8 Å². The van der Waals surface area contributed by atoms with Crippen LogP contribution in [-0.4, -0.2) is 11.8 Å². The van der Waals surface area contributed by atoms with E-state index in [9.17, 15) is 9.59 Å². The predicted octanol–water partition coefficient (Wildman–Crippen LogP) is 4.83. The molecule has 4 aromatic rings. The Balaban J connectivity index is 1.46. The van der Waals surface area contributed by atoms with Crippen LogP contribution >= 0.6 is 0 Å². The molecule has 0 saturated carbocycles. The van der Waals surface area contributed by atoms with Gasteiger partial charge in [-0.05, 0) is 33.5 Å². The predicted molar refractivity (Wildman–Crippen MR) is 124 cm³/mol. The van der Waals surface area contributed by atoms with Crippen LogP contribution in [0, 0.1) is 0 Å². The van der Waals surface area contributed by atoms with E-state index in [2.05, 4.69) is 10.9 Å². The van der Waals surface area contributed by atoms with E-state index in [1.165, 1.54) is 6.08 Å². The molecule has 0 fully saturated rings. The maximum Gasteiger partial charge on any atom is 0.262 e. The van der Waals surface area contributed by atoms with Gasteiger partial charge in [0.1, 0.15) is 0 Å². The van der Waals surface area contributed by atoms with Crippen LogP contribution in [0.5, 0.6) is 0 Å². The quantitative estimate of drug-likeness (QED) is 0.368. The zero-order valence-corrected chi connectivity index (χ0v) is 16.9. The van der Waals surface area contributed by atoms with Crippen LogP contribution in [0.4, 0.5) is 0 Å². The first-order valence-electron chi connectivity index (χ1n) is 10.1. The van der Waals surface area contributed by atoms with E-state index in [-0.39, 0.29) is 5.91 Å². The van der Waals surface area contributed by atoms with Gasteiger partial charge in [-0.15, -0.1) is 0 Å². The van der Waals surface area contributed by atoms with Crippen LogP contribution in [0.15, 0.2) is 109 Å². The molecule has 0 atom stereocenters. The smallest absolute Gasteiger partial charge is 0.262 e. The highest BCUT2D eigenvalue weighted by atomic mass is 16.2. The van der Waals surface area contributed by atoms with Crippen molar-refractivity contribution < 1.29 is 9.59 Å². The van der Waals surface area contributed by atoms with E-state index in [1.54, 1.807) is 6.08 Å². The van der Waals surface area contributed by atoms with Gasteiger partial charge in [0, 0.05) is 6.08 Å². The van der Waals surface area contributed by atoms with E-state index in [1.807, 2.05) is 103 Å². The zero-order valence-electron chi connectivity index (χ0n) is 16.9. The number of hydrogen-bond acceptors (Lipinski definition) is 2. The summed E-state index contributed by atoms with van der Waals surface area (Å²) in [5.74, 6) is -1.23. The summed E-state index contributed by atoms with van der Waals surface area (Å²) < 4.78 is 0. The summed E-state index contributed by atoms with van der Waals surface area (Å²) >= 11 is 0. The van der Waals surface area contributed by atoms with Crippen molar-refractivity contribution in [3.05, 3.63) is 126 Å². The highest BCUT2D eigenvalue weighted by molar-refractivity contribution is 5.98. The molecule has 0 radical (unpaired) electrons. The zero-order chi connectivity index (χ0) is 21.5. The topological polar surface area (TPSA) is 58.2 Å². The molecule has 4 rings (SSSR count). The number of hydrogen-bond donors (Lipinski definition) is 2. The molecule has 0 saturated heterocycles. The van der Waals surface area contributed by atoms with Gasteiger partial charge in [-0.2, -0.15) is 0 Å². The lowest BCUT2D eigenvalue weighted by Gasteiger charge is -2.17. The molecule has 0 bridgehead atoms. The molecule has 0 heterocycles. The van der Waals surface area contributed by atoms with Gasteiger partial charge < -0.3 is 0 Å². The lowest BCUT2D eigenvalue weighted by atomic mass is 9.91. The SMILES string of the molecule is O=C(C=Cc1cccc2ccccc12)NNC(=O)C(c1ccccc1)c1ccccc1. The van der Waals surface area contributed by atoms with Gasteiger partial charge in [-0.3, -0.25) is 20.4 Å². The Morgan fingerprint density at radius 2 is 1.23 bits per heavy atom. The monoisotopic (exact) mass is 406 g/mol. The molecule has 4 heteroatoms. The molecule has 2 amide bonds. The van der Waals surface area contributed by atoms with Crippen molar-refractivity contribution in [1.82, 2.24) is 10.9 Å². The first kappa shape index (κ1) is 20.1. The largest absolute Gasteiger partial charge is 0.272 e. The third-order valence-electron chi connectivity index (χ3n) is 5.07. The second-order valence-electron chi connectivity index (χ2n) is 7.13. The van der Waals surface area contributed by atoms with Crippen molar-refractivity contribution in [3.63, 3.8) is 0 Å². The first-order chi connectivity index (χ1) is 15.2. The molecule has 0 spiro atoms. The first-order valence-corrected chi connectivity index (χ1v) is 10.1. The minimum Gasteiger partial charge on any atom is -0.272 e. The normalized spacial score (nSPS) is 11.0. The van der Waals surface area contributed by atoms with Gasteiger partial charge in [0.25, 0.3) is 5.91 Å². The van der Waals surface area contributed by atoms with Gasteiger partial charge >= 0.3 is 0 Å². The van der Waals surface area contributed by atoms with Crippen LogP contribution in [0.25, 0.3) is 16.8 Å². The average Bonchev–Trinajstić information content (AvgIpc) is 2.83. The van der Waals surface area contributed by atoms with Crippen molar-refractivity contribution in [2.75, 3.05) is 0 Å². The number of carbonyl (C=O) groups is 2. The molecule has 152 valence electrons. The highest BCUT2D eigenvalue weighted by Gasteiger charge is 2.22. The summed E-state index contributed by atoms with van der Waals surface area (Å²) in [5, 5.41) is 2.17. The van der Waals surface area contributed by atoms with Crippen molar-refractivity contribution in [1.29, 1.82) is 0 Å². The van der Waals surface area contributed by atoms with E-state index in [0.717, 1.165) is 27.5 Å². The van der Waals surface area contributed by atoms with Crippen molar-refractivity contribution in [2.24, 2.45) is 0 Å². The third kappa shape index (κ3) is 4.87. The van der Waals surface area contributed by atoms with Crippen molar-refractivity contribution >= 4 is 28.7 Å². The molecule has 0 aliphatic carbocycles. The summed E-state index contributed by atoms with van der Waals surface area (Å²) in [6, 6.07) is 32.9. The molecule has 0 aromatic heterocycles. The minimum atomic E-state index is -0.523. The average molecular weight is 406 g/mol. The molecule has 0 aliphatic rings. The molecular weight excluding hydrogens is 384 g/mol. The summed E-state index contributed by atoms with van der Waals surface area (Å²) in [5.41, 5.74) is 7.70. The molecule has 0 aliphatic heterocycles. The maximum absolute atomic E-state index is 12.9. The molecule has 4 nitrogen and oxygen atoms in total. The standard InChI is InChI=1S/C27H22N2O2/c30-25(19-18-21-16-9-15-20-10-7-8-17-24(20)21)28-29-27(31)26(22-11-3-1-4-12-22)23-13-5-2-6-14-23/h1-19,26H,(H,28,30)(H,29,31). The van der Waals surface area contributed by atoms with E-state index in [0.29, 0.717) is 0 Å². The lowest BCUT2D eigenvalue weighted by molar-refractivity contribution is -0.127. The molecule has 2 N–H and O–H groups in total. The maximum atomic E-state index is 12.9. The molecule has 4 aromatic carbocycles. The Morgan fingerprint density at radius 3 is 1.90 bits per heavy atom. The van der Waals surface area contributed by atoms with Crippen molar-refractivity contribution in [2.45, 2.75) is 5.92 Å². The fourth-order valence-corrected chi connectivity index (χ4v) is 3.58. The van der Waals surface area contributed by atoms with Gasteiger partial charge in [0.05, 0.1) is 5.92 Å². The Morgan fingerprint density at radius 1 is 0.645 bits per heavy atom. The number of amides is 2. The van der Waals surface area contributed by atoms with Crippen LogP contribution in [0.3, 0.4) is 0 Å². The van der Waals surface area contributed by atoms with Gasteiger partial charge in [0.2, 0.25) is 5.91 Å². The fraction of sp³-hybridized carbons (Fsp3) is 0.0370. The number of rotatable bonds is 5. The summed E-state index contributed by atoms with van der Waals surface area (Å²) in [6.45, 7) is 0. The van der Waals surface area contributed by atoms with Crippen LogP contribution in [-0.2, 0) is 9.59 Å². The fourth-order valence-electron chi connectivity index (χ4n) is 3.58. The van der Waals surface area contributed by atoms with E-state index >= 15 is 0 Å². The lowest BCUT2D eigenvalue weighted by Crippen LogP contribution is -2.43. The molecule has 31 heavy (non-hydrogen) atoms. The van der Waals surface area contributed by atoms with E-state index in [4.69, 9.17) is 0 Å². The van der Waals surface area contributed by atoms with Crippen LogP contribution < -0.4 is 10.9 Å². The third-order valence-corrected chi connectivity index (χ3v) is 5.07. The second kappa shape index (κ2) is 9.55. The number of nitrogens with one attached hydrogen (secondary N) is 2. The highest BCUT2D eigenvalue weighted by Crippen LogP contribution is 2.24. The molecular formula is C27H22N2O2. The molecule has 0 unspecified atom stereocenters. The number of hydrazine groups is 1. The van der Waals surface area contributed by atoms with Crippen LogP contribution in [0.1, 0.15) is 22.6 Å². The summed E-state index contributed by atoms with van der Waals surface area (Å²) in [6.07, 6.45) is 3.16. The second-order valence-corrected chi connectivity index (χ2v) is 7.13. The summed E-state index contributed by atoms with van der Waals surface area (Å²) in [4.78, 5) is 25.3. The number of benzene rings is 4. The Hall–Kier alpha value is -4.18. The van der Waals surface area contributed by atoms with Crippen LogP contribution in [0.2, 0.25) is 0 Å². The minimum absolute atomic E-state index is 0.302. The Kier molecular flexibility index (Phi) is 6.19. The van der Waals surface area contributed by atoms with Gasteiger partial charge in [-0.1, -0.05) is 103 Å². The number of fused-ring (bicyclic) bond motifs is 1. The Labute approximate surface area is 181 Å². The number of carbonyl (C=O) groups excluding carboxylic acids is 2. The van der Waals surface area contributed by atoms with Crippen molar-refractivity contribution in [3.8, 4) is 0 Å². The summed E-state index contributed by atoms with van der Waals surface area (Å²) in [7, 11) is 0.